The first kappa shape index (κ1) is 15.7. The van der Waals surface area contributed by atoms with Gasteiger partial charge >= 0.3 is 0 Å². The predicted molar refractivity (Wildman–Crippen MR) is 88.4 cm³/mol. The van der Waals surface area contributed by atoms with Gasteiger partial charge in [0.1, 0.15) is 24.1 Å². The molecule has 3 heterocycles. The van der Waals surface area contributed by atoms with Crippen LogP contribution in [0.25, 0.3) is 5.69 Å². The summed E-state index contributed by atoms with van der Waals surface area (Å²) >= 11 is 0. The van der Waals surface area contributed by atoms with Gasteiger partial charge in [-0.15, -0.1) is 5.10 Å². The van der Waals surface area contributed by atoms with Crippen LogP contribution >= 0.6 is 0 Å². The van der Waals surface area contributed by atoms with Crippen molar-refractivity contribution in [3.63, 3.8) is 0 Å². The fourth-order valence-corrected chi connectivity index (χ4v) is 2.65. The number of carbonyl (C=O) groups is 1. The van der Waals surface area contributed by atoms with Crippen LogP contribution in [0.4, 0.5) is 0 Å². The molecular weight excluding hydrogens is 334 g/mol. The number of rotatable bonds is 4. The van der Waals surface area contributed by atoms with Gasteiger partial charge in [-0.1, -0.05) is 6.07 Å². The fraction of sp³-hybridized carbons (Fsp3) is 0.176. The maximum atomic E-state index is 12.6. The average Bonchev–Trinajstić information content (AvgIpc) is 3.19. The van der Waals surface area contributed by atoms with E-state index in [4.69, 9.17) is 10.00 Å². The van der Waals surface area contributed by atoms with Gasteiger partial charge in [-0.05, 0) is 40.8 Å². The van der Waals surface area contributed by atoms with Crippen molar-refractivity contribution in [2.75, 3.05) is 13.1 Å². The van der Waals surface area contributed by atoms with Crippen molar-refractivity contribution >= 4 is 5.91 Å². The Labute approximate surface area is 148 Å². The van der Waals surface area contributed by atoms with Gasteiger partial charge in [0.2, 0.25) is 5.88 Å². The number of hydrogen-bond donors (Lipinski definition) is 0. The van der Waals surface area contributed by atoms with Gasteiger partial charge in [-0.3, -0.25) is 4.79 Å². The second-order valence-corrected chi connectivity index (χ2v) is 5.72. The molecule has 0 N–H and O–H groups in total. The van der Waals surface area contributed by atoms with Crippen LogP contribution in [-0.2, 0) is 0 Å². The zero-order valence-electron chi connectivity index (χ0n) is 13.6. The van der Waals surface area contributed by atoms with E-state index < -0.39 is 0 Å². The zero-order chi connectivity index (χ0) is 17.9. The van der Waals surface area contributed by atoms with E-state index in [9.17, 15) is 4.79 Å². The van der Waals surface area contributed by atoms with Gasteiger partial charge in [0.15, 0.2) is 0 Å². The molecule has 1 amide bonds. The van der Waals surface area contributed by atoms with Crippen LogP contribution in [0.15, 0.2) is 48.9 Å². The summed E-state index contributed by atoms with van der Waals surface area (Å²) in [5, 5.41) is 20.1. The van der Waals surface area contributed by atoms with E-state index in [1.165, 1.54) is 11.0 Å². The van der Waals surface area contributed by atoms with Crippen LogP contribution in [0, 0.1) is 11.3 Å². The molecule has 0 unspecified atom stereocenters. The quantitative estimate of drug-likeness (QED) is 0.687. The molecule has 0 bridgehead atoms. The number of aromatic nitrogens is 5. The Morgan fingerprint density at radius 3 is 2.92 bits per heavy atom. The molecule has 1 aliphatic heterocycles. The van der Waals surface area contributed by atoms with E-state index in [-0.39, 0.29) is 12.0 Å². The number of nitrogens with zero attached hydrogens (tertiary/aromatic N) is 7. The number of ether oxygens (including phenoxy) is 1. The number of tetrazole rings is 1. The molecule has 2 aromatic heterocycles. The first-order chi connectivity index (χ1) is 12.7. The Balaban J connectivity index is 1.41. The number of likely N-dealkylation sites (tertiary alicyclic amines) is 1. The van der Waals surface area contributed by atoms with E-state index in [0.29, 0.717) is 35.8 Å². The summed E-state index contributed by atoms with van der Waals surface area (Å²) in [7, 11) is 0. The average molecular weight is 347 g/mol. The number of hydrogen-bond acceptors (Lipinski definition) is 7. The van der Waals surface area contributed by atoms with Crippen molar-refractivity contribution in [2.24, 2.45) is 0 Å². The third-order valence-electron chi connectivity index (χ3n) is 4.01. The summed E-state index contributed by atoms with van der Waals surface area (Å²) in [6.07, 6.45) is 2.86. The standard InChI is InChI=1S/C17H13N7O2/c18-8-13-4-2-6-19-16(13)26-15-9-23(10-15)17(25)12-3-1-5-14(7-12)24-11-20-21-22-24/h1-7,11,15H,9-10H2. The highest BCUT2D eigenvalue weighted by Gasteiger charge is 2.33. The van der Waals surface area contributed by atoms with Crippen molar-refractivity contribution < 1.29 is 9.53 Å². The lowest BCUT2D eigenvalue weighted by atomic mass is 10.1. The van der Waals surface area contributed by atoms with E-state index in [2.05, 4.69) is 20.5 Å². The highest BCUT2D eigenvalue weighted by atomic mass is 16.5. The molecule has 128 valence electrons. The van der Waals surface area contributed by atoms with Crippen molar-refractivity contribution in [1.82, 2.24) is 30.1 Å². The summed E-state index contributed by atoms with van der Waals surface area (Å²) < 4.78 is 7.20. The smallest absolute Gasteiger partial charge is 0.254 e. The van der Waals surface area contributed by atoms with Crippen molar-refractivity contribution in [3.05, 3.63) is 60.0 Å². The molecule has 1 saturated heterocycles. The first-order valence-electron chi connectivity index (χ1n) is 7.89. The third-order valence-corrected chi connectivity index (χ3v) is 4.01. The molecule has 4 rings (SSSR count). The second-order valence-electron chi connectivity index (χ2n) is 5.72. The van der Waals surface area contributed by atoms with Crippen LogP contribution in [0.2, 0.25) is 0 Å². The molecule has 0 atom stereocenters. The maximum Gasteiger partial charge on any atom is 0.254 e. The largest absolute Gasteiger partial charge is 0.470 e. The van der Waals surface area contributed by atoms with Crippen molar-refractivity contribution in [2.45, 2.75) is 6.10 Å². The van der Waals surface area contributed by atoms with Gasteiger partial charge in [-0.25, -0.2) is 9.67 Å². The Morgan fingerprint density at radius 2 is 2.15 bits per heavy atom. The predicted octanol–water partition coefficient (Wildman–Crippen LogP) is 0.832. The number of carbonyl (C=O) groups excluding carboxylic acids is 1. The summed E-state index contributed by atoms with van der Waals surface area (Å²) in [5.41, 5.74) is 1.64. The van der Waals surface area contributed by atoms with Crippen LogP contribution in [-0.4, -0.2) is 55.2 Å². The molecule has 3 aromatic rings. The Bertz CT molecular complexity index is 975. The third kappa shape index (κ3) is 2.95. The Morgan fingerprint density at radius 1 is 1.27 bits per heavy atom. The zero-order valence-corrected chi connectivity index (χ0v) is 13.6. The molecule has 1 aromatic carbocycles. The molecule has 9 nitrogen and oxygen atoms in total. The lowest BCUT2D eigenvalue weighted by Gasteiger charge is -2.38. The van der Waals surface area contributed by atoms with Gasteiger partial charge in [0.25, 0.3) is 5.91 Å². The molecule has 1 fully saturated rings. The van der Waals surface area contributed by atoms with E-state index in [1.54, 1.807) is 41.4 Å². The van der Waals surface area contributed by atoms with Gasteiger partial charge in [0.05, 0.1) is 18.8 Å². The van der Waals surface area contributed by atoms with Crippen molar-refractivity contribution in [3.8, 4) is 17.6 Å². The van der Waals surface area contributed by atoms with Gasteiger partial charge in [-0.2, -0.15) is 5.26 Å². The normalized spacial score (nSPS) is 13.7. The lowest BCUT2D eigenvalue weighted by Crippen LogP contribution is -2.56. The lowest BCUT2D eigenvalue weighted by molar-refractivity contribution is 0.0159. The monoisotopic (exact) mass is 347 g/mol. The van der Waals surface area contributed by atoms with E-state index in [0.717, 1.165) is 0 Å². The molecule has 0 aliphatic carbocycles. The molecule has 0 saturated carbocycles. The fourth-order valence-electron chi connectivity index (χ4n) is 2.65. The van der Waals surface area contributed by atoms with Crippen LogP contribution < -0.4 is 4.74 Å². The highest BCUT2D eigenvalue weighted by molar-refractivity contribution is 5.95. The number of benzene rings is 1. The molecule has 9 heteroatoms. The van der Waals surface area contributed by atoms with Crippen LogP contribution in [0.1, 0.15) is 15.9 Å². The first-order valence-corrected chi connectivity index (χ1v) is 7.89. The minimum absolute atomic E-state index is 0.0960. The molecular formula is C17H13N7O2. The minimum Gasteiger partial charge on any atom is -0.470 e. The maximum absolute atomic E-state index is 12.6. The SMILES string of the molecule is N#Cc1cccnc1OC1CN(C(=O)c2cccc(-n3cnnn3)c2)C1. The number of nitriles is 1. The highest BCUT2D eigenvalue weighted by Crippen LogP contribution is 2.21. The number of amides is 1. The molecule has 0 spiro atoms. The summed E-state index contributed by atoms with van der Waals surface area (Å²) in [5.74, 6) is 0.203. The van der Waals surface area contributed by atoms with E-state index >= 15 is 0 Å². The summed E-state index contributed by atoms with van der Waals surface area (Å²) in [6.45, 7) is 0.880. The van der Waals surface area contributed by atoms with Gasteiger partial charge in [0, 0.05) is 11.8 Å². The molecule has 26 heavy (non-hydrogen) atoms. The van der Waals surface area contributed by atoms with Crippen LogP contribution in [0.5, 0.6) is 5.88 Å². The van der Waals surface area contributed by atoms with Crippen molar-refractivity contribution in [1.29, 1.82) is 5.26 Å². The minimum atomic E-state index is -0.177. The van der Waals surface area contributed by atoms with Gasteiger partial charge < -0.3 is 9.64 Å². The molecule has 1 aliphatic rings. The topological polar surface area (TPSA) is 110 Å². The van der Waals surface area contributed by atoms with Crippen LogP contribution in [0.3, 0.4) is 0 Å². The Kier molecular flexibility index (Phi) is 3.99. The van der Waals surface area contributed by atoms with E-state index in [1.807, 2.05) is 12.1 Å². The number of pyridine rings is 1. The Hall–Kier alpha value is -3.80. The molecule has 0 radical (unpaired) electrons. The summed E-state index contributed by atoms with van der Waals surface area (Å²) in [4.78, 5) is 18.4. The second kappa shape index (κ2) is 6.60. The summed E-state index contributed by atoms with van der Waals surface area (Å²) in [6, 6.07) is 12.5.